The van der Waals surface area contributed by atoms with E-state index >= 15 is 0 Å². The first-order valence-electron chi connectivity index (χ1n) is 8.43. The Bertz CT molecular complexity index is 991. The van der Waals surface area contributed by atoms with Gasteiger partial charge in [-0.2, -0.15) is 0 Å². The van der Waals surface area contributed by atoms with Gasteiger partial charge in [0.25, 0.3) is 5.69 Å². The fourth-order valence-corrected chi connectivity index (χ4v) is 3.52. The second-order valence-electron chi connectivity index (χ2n) is 5.83. The molecule has 0 bridgehead atoms. The van der Waals surface area contributed by atoms with Crippen LogP contribution in [0.2, 0.25) is 0 Å². The van der Waals surface area contributed by atoms with Crippen LogP contribution in [0.3, 0.4) is 0 Å². The number of benzene rings is 2. The minimum Gasteiger partial charge on any atom is -0.497 e. The van der Waals surface area contributed by atoms with Gasteiger partial charge in [0.2, 0.25) is 0 Å². The number of ether oxygens (including phenoxy) is 1. The molecule has 0 amide bonds. The van der Waals surface area contributed by atoms with E-state index in [1.165, 1.54) is 23.5 Å². The first-order valence-corrected chi connectivity index (χ1v) is 9.72. The van der Waals surface area contributed by atoms with E-state index in [1.807, 2.05) is 29.6 Å². The highest BCUT2D eigenvalue weighted by atomic mass is 32.1. The van der Waals surface area contributed by atoms with Gasteiger partial charge in [0, 0.05) is 29.6 Å². The third-order valence-electron chi connectivity index (χ3n) is 3.91. The summed E-state index contributed by atoms with van der Waals surface area (Å²) in [5.41, 5.74) is 2.54. The molecule has 28 heavy (non-hydrogen) atoms. The summed E-state index contributed by atoms with van der Waals surface area (Å²) >= 11 is 6.70. The average molecular weight is 415 g/mol. The van der Waals surface area contributed by atoms with Crippen LogP contribution in [0.5, 0.6) is 5.75 Å². The number of thiazole rings is 1. The lowest BCUT2D eigenvalue weighted by Gasteiger charge is -2.09. The van der Waals surface area contributed by atoms with E-state index in [2.05, 4.69) is 15.6 Å². The highest BCUT2D eigenvalue weighted by Gasteiger charge is 2.10. The Morgan fingerprint density at radius 3 is 2.89 bits per heavy atom. The third-order valence-corrected chi connectivity index (χ3v) is 4.91. The fourth-order valence-electron chi connectivity index (χ4n) is 2.53. The second kappa shape index (κ2) is 9.25. The van der Waals surface area contributed by atoms with Gasteiger partial charge in [0.05, 0.1) is 17.7 Å². The number of aromatic nitrogens is 1. The van der Waals surface area contributed by atoms with E-state index in [9.17, 15) is 10.1 Å². The molecular formula is C19H18N4O3S2. The van der Waals surface area contributed by atoms with E-state index in [1.54, 1.807) is 19.2 Å². The predicted molar refractivity (Wildman–Crippen MR) is 115 cm³/mol. The number of nitro benzene ring substituents is 1. The molecule has 0 atom stereocenters. The molecule has 3 aromatic rings. The van der Waals surface area contributed by atoms with Gasteiger partial charge in [-0.1, -0.05) is 24.3 Å². The molecule has 0 aliphatic rings. The molecule has 2 N–H and O–H groups in total. The largest absolute Gasteiger partial charge is 0.497 e. The minimum absolute atomic E-state index is 0.0368. The standard InChI is InChI=1S/C19H18N4O3S2/c1-26-16-7-2-4-13(10-16)8-9-20-18(27)22-19-21-17(12-28-19)14-5-3-6-15(11-14)23(24)25/h2-7,10-12H,8-9H2,1H3,(H2,20,21,22,27). The summed E-state index contributed by atoms with van der Waals surface area (Å²) in [5, 5.41) is 20.0. The molecule has 0 spiro atoms. The number of methoxy groups -OCH3 is 1. The quantitative estimate of drug-likeness (QED) is 0.339. The maximum atomic E-state index is 10.9. The number of hydrogen-bond acceptors (Lipinski definition) is 6. The minimum atomic E-state index is -0.420. The van der Waals surface area contributed by atoms with E-state index in [0.29, 0.717) is 28.0 Å². The predicted octanol–water partition coefficient (Wildman–Crippen LogP) is 4.26. The number of non-ortho nitro benzene ring substituents is 1. The number of thiocarbonyl (C=S) groups is 1. The summed E-state index contributed by atoms with van der Waals surface area (Å²) in [7, 11) is 1.65. The number of nitrogens with one attached hydrogen (secondary N) is 2. The van der Waals surface area contributed by atoms with Crippen LogP contribution in [0, 0.1) is 10.1 Å². The van der Waals surface area contributed by atoms with Crippen molar-refractivity contribution in [2.24, 2.45) is 0 Å². The topological polar surface area (TPSA) is 89.3 Å². The lowest BCUT2D eigenvalue weighted by Crippen LogP contribution is -2.30. The molecule has 3 rings (SSSR count). The number of nitro groups is 1. The number of anilines is 1. The molecule has 0 saturated carbocycles. The van der Waals surface area contributed by atoms with Gasteiger partial charge in [-0.15, -0.1) is 11.3 Å². The highest BCUT2D eigenvalue weighted by Crippen LogP contribution is 2.27. The number of nitrogens with zero attached hydrogens (tertiary/aromatic N) is 2. The molecule has 0 aliphatic heterocycles. The summed E-state index contributed by atoms with van der Waals surface area (Å²) < 4.78 is 5.22. The van der Waals surface area contributed by atoms with E-state index in [-0.39, 0.29) is 5.69 Å². The third kappa shape index (κ3) is 5.24. The highest BCUT2D eigenvalue weighted by molar-refractivity contribution is 7.80. The molecule has 0 fully saturated rings. The van der Waals surface area contributed by atoms with Crippen LogP contribution in [0.4, 0.5) is 10.8 Å². The Labute approximate surface area is 171 Å². The molecule has 2 aromatic carbocycles. The lowest BCUT2D eigenvalue weighted by atomic mass is 10.1. The van der Waals surface area contributed by atoms with Crippen LogP contribution in [0.25, 0.3) is 11.3 Å². The molecular weight excluding hydrogens is 396 g/mol. The summed E-state index contributed by atoms with van der Waals surface area (Å²) in [6.07, 6.45) is 0.801. The molecule has 7 nitrogen and oxygen atoms in total. The van der Waals surface area contributed by atoms with Crippen LogP contribution < -0.4 is 15.4 Å². The van der Waals surface area contributed by atoms with Gasteiger partial charge in [-0.3, -0.25) is 10.1 Å². The monoisotopic (exact) mass is 414 g/mol. The molecule has 9 heteroatoms. The Balaban J connectivity index is 1.54. The summed E-state index contributed by atoms with van der Waals surface area (Å²) in [5.74, 6) is 0.828. The molecule has 144 valence electrons. The molecule has 1 heterocycles. The van der Waals surface area contributed by atoms with Crippen LogP contribution in [-0.2, 0) is 6.42 Å². The molecule has 1 aromatic heterocycles. The van der Waals surface area contributed by atoms with Crippen molar-refractivity contribution in [1.29, 1.82) is 0 Å². The van der Waals surface area contributed by atoms with Gasteiger partial charge in [-0.05, 0) is 36.3 Å². The first-order chi connectivity index (χ1) is 13.5. The van der Waals surface area contributed by atoms with Crippen LogP contribution >= 0.6 is 23.6 Å². The van der Waals surface area contributed by atoms with Crippen molar-refractivity contribution in [1.82, 2.24) is 10.3 Å². The maximum absolute atomic E-state index is 10.9. The number of hydrogen-bond donors (Lipinski definition) is 2. The molecule has 0 saturated heterocycles. The average Bonchev–Trinajstić information content (AvgIpc) is 3.16. The molecule has 0 radical (unpaired) electrons. The Hall–Kier alpha value is -3.04. The van der Waals surface area contributed by atoms with Crippen molar-refractivity contribution in [2.75, 3.05) is 19.0 Å². The van der Waals surface area contributed by atoms with E-state index < -0.39 is 4.92 Å². The van der Waals surface area contributed by atoms with Crippen LogP contribution in [-0.4, -0.2) is 28.7 Å². The zero-order chi connectivity index (χ0) is 19.9. The Morgan fingerprint density at radius 1 is 1.29 bits per heavy atom. The fraction of sp³-hybridized carbons (Fsp3) is 0.158. The van der Waals surface area contributed by atoms with Crippen LogP contribution in [0.1, 0.15) is 5.56 Å². The Kier molecular flexibility index (Phi) is 6.51. The van der Waals surface area contributed by atoms with Gasteiger partial charge >= 0.3 is 0 Å². The van der Waals surface area contributed by atoms with Crippen molar-refractivity contribution < 1.29 is 9.66 Å². The second-order valence-corrected chi connectivity index (χ2v) is 7.09. The zero-order valence-electron chi connectivity index (χ0n) is 15.0. The van der Waals surface area contributed by atoms with Crippen molar-refractivity contribution in [2.45, 2.75) is 6.42 Å². The van der Waals surface area contributed by atoms with Crippen molar-refractivity contribution >= 4 is 39.5 Å². The van der Waals surface area contributed by atoms with Gasteiger partial charge in [0.15, 0.2) is 10.2 Å². The first kappa shape index (κ1) is 19.7. The molecule has 0 unspecified atom stereocenters. The summed E-state index contributed by atoms with van der Waals surface area (Å²) in [4.78, 5) is 14.9. The van der Waals surface area contributed by atoms with E-state index in [0.717, 1.165) is 17.7 Å². The maximum Gasteiger partial charge on any atom is 0.270 e. The summed E-state index contributed by atoms with van der Waals surface area (Å²) in [6.45, 7) is 0.669. The lowest BCUT2D eigenvalue weighted by molar-refractivity contribution is -0.384. The Morgan fingerprint density at radius 2 is 2.11 bits per heavy atom. The van der Waals surface area contributed by atoms with Gasteiger partial charge in [-0.25, -0.2) is 4.98 Å². The molecule has 0 aliphatic carbocycles. The SMILES string of the molecule is COc1cccc(CCNC(=S)Nc2nc(-c3cccc([N+](=O)[O-])c3)cs2)c1. The van der Waals surface area contributed by atoms with Crippen LogP contribution in [0.15, 0.2) is 53.9 Å². The van der Waals surface area contributed by atoms with Gasteiger partial charge < -0.3 is 15.4 Å². The number of rotatable bonds is 7. The van der Waals surface area contributed by atoms with Crippen molar-refractivity contribution in [3.8, 4) is 17.0 Å². The van der Waals surface area contributed by atoms with Crippen molar-refractivity contribution in [3.05, 3.63) is 69.6 Å². The van der Waals surface area contributed by atoms with E-state index in [4.69, 9.17) is 17.0 Å². The zero-order valence-corrected chi connectivity index (χ0v) is 16.7. The van der Waals surface area contributed by atoms with Gasteiger partial charge in [0.1, 0.15) is 5.75 Å². The normalized spacial score (nSPS) is 10.3. The smallest absolute Gasteiger partial charge is 0.270 e. The van der Waals surface area contributed by atoms with Crippen molar-refractivity contribution in [3.63, 3.8) is 0 Å². The summed E-state index contributed by atoms with van der Waals surface area (Å²) in [6, 6.07) is 14.3.